The zero-order valence-electron chi connectivity index (χ0n) is 14.2. The van der Waals surface area contributed by atoms with E-state index in [1.54, 1.807) is 12.2 Å². The first-order chi connectivity index (χ1) is 11.3. The summed E-state index contributed by atoms with van der Waals surface area (Å²) < 4.78 is 5.47. The number of carbonyl (C=O) groups is 1. The summed E-state index contributed by atoms with van der Waals surface area (Å²) in [5.74, 6) is 0.287. The first kappa shape index (κ1) is 18.4. The van der Waals surface area contributed by atoms with Crippen LogP contribution in [0.15, 0.2) is 59.1 Å². The molecule has 0 aromatic carbocycles. The summed E-state index contributed by atoms with van der Waals surface area (Å²) in [4.78, 5) is 11.9. The van der Waals surface area contributed by atoms with Gasteiger partial charge in [0.2, 0.25) is 0 Å². The molecule has 2 rings (SSSR count). The lowest BCUT2D eigenvalue weighted by atomic mass is 9.79. The Bertz CT molecular complexity index is 661. The number of aliphatic hydroxyl groups excluding tert-OH is 2. The van der Waals surface area contributed by atoms with Crippen LogP contribution in [0.3, 0.4) is 0 Å². The molecule has 0 saturated carbocycles. The summed E-state index contributed by atoms with van der Waals surface area (Å²) in [7, 11) is 0. The fourth-order valence-corrected chi connectivity index (χ4v) is 2.63. The molecule has 0 spiro atoms. The summed E-state index contributed by atoms with van der Waals surface area (Å²) >= 11 is 0. The first-order valence-electron chi connectivity index (χ1n) is 7.98. The molecular formula is C19H24O5. The van der Waals surface area contributed by atoms with Gasteiger partial charge in [-0.1, -0.05) is 24.6 Å². The van der Waals surface area contributed by atoms with E-state index in [1.165, 1.54) is 19.3 Å². The highest BCUT2D eigenvalue weighted by atomic mass is 16.5. The molecule has 1 aliphatic heterocycles. The van der Waals surface area contributed by atoms with Crippen LogP contribution < -0.4 is 0 Å². The maximum atomic E-state index is 11.9. The van der Waals surface area contributed by atoms with Crippen LogP contribution >= 0.6 is 0 Å². The predicted molar refractivity (Wildman–Crippen MR) is 90.7 cm³/mol. The van der Waals surface area contributed by atoms with E-state index in [4.69, 9.17) is 9.84 Å². The molecule has 130 valence electrons. The Labute approximate surface area is 142 Å². The monoisotopic (exact) mass is 332 g/mol. The lowest BCUT2D eigenvalue weighted by Crippen LogP contribution is -2.50. The van der Waals surface area contributed by atoms with Crippen molar-refractivity contribution in [2.24, 2.45) is 5.92 Å². The molecule has 0 saturated heterocycles. The first-order valence-corrected chi connectivity index (χ1v) is 7.98. The normalized spacial score (nSPS) is 28.8. The standard InChI is InChI=1S/C19H24O5/c1-12(8-13(2)6-7-20)4-5-15-9-14-10-17(21)19(3,23)18(22)16(14)11-24-15/h4-5,8-11,13,18,20,22-23H,6-7H2,1-3H3/b5-4+,12-8+/t13-,18+,19+/m0/s1. The summed E-state index contributed by atoms with van der Waals surface area (Å²) in [6, 6.07) is 0. The van der Waals surface area contributed by atoms with Crippen LogP contribution in [-0.4, -0.2) is 39.4 Å². The Morgan fingerprint density at radius 3 is 2.83 bits per heavy atom. The third-order valence-corrected chi connectivity index (χ3v) is 4.21. The van der Waals surface area contributed by atoms with Gasteiger partial charge in [0.15, 0.2) is 11.4 Å². The van der Waals surface area contributed by atoms with Crippen molar-refractivity contribution in [1.82, 2.24) is 0 Å². The molecule has 3 N–H and O–H groups in total. The van der Waals surface area contributed by atoms with Crippen molar-refractivity contribution in [3.05, 3.63) is 59.1 Å². The van der Waals surface area contributed by atoms with Crippen molar-refractivity contribution in [3.8, 4) is 0 Å². The van der Waals surface area contributed by atoms with Gasteiger partial charge in [-0.3, -0.25) is 4.79 Å². The van der Waals surface area contributed by atoms with E-state index >= 15 is 0 Å². The SMILES string of the molecule is CC(/C=C/C1=CC2=CC(=O)[C@@](C)(O)[C@H](O)C2=CO1)=C\[C@@H](C)CCO. The summed E-state index contributed by atoms with van der Waals surface area (Å²) in [6.45, 7) is 5.43. The second kappa shape index (κ2) is 7.30. The van der Waals surface area contributed by atoms with Gasteiger partial charge in [-0.05, 0) is 50.0 Å². The van der Waals surface area contributed by atoms with Crippen LogP contribution in [0.4, 0.5) is 0 Å². The van der Waals surface area contributed by atoms with Crippen molar-refractivity contribution < 1.29 is 24.9 Å². The molecule has 0 aromatic heterocycles. The van der Waals surface area contributed by atoms with E-state index < -0.39 is 17.5 Å². The fraction of sp³-hybridized carbons (Fsp3) is 0.421. The van der Waals surface area contributed by atoms with Gasteiger partial charge in [0.05, 0.1) is 6.26 Å². The molecule has 0 amide bonds. The molecule has 2 aliphatic rings. The van der Waals surface area contributed by atoms with Gasteiger partial charge < -0.3 is 20.1 Å². The van der Waals surface area contributed by atoms with Gasteiger partial charge in [0, 0.05) is 12.2 Å². The largest absolute Gasteiger partial charge is 0.465 e. The van der Waals surface area contributed by atoms with E-state index in [9.17, 15) is 15.0 Å². The summed E-state index contributed by atoms with van der Waals surface area (Å²) in [5.41, 5.74) is 0.134. The molecule has 0 bridgehead atoms. The minimum absolute atomic E-state index is 0.158. The molecule has 0 fully saturated rings. The highest BCUT2D eigenvalue weighted by molar-refractivity contribution is 6.01. The average Bonchev–Trinajstić information content (AvgIpc) is 2.51. The van der Waals surface area contributed by atoms with Gasteiger partial charge >= 0.3 is 0 Å². The van der Waals surface area contributed by atoms with E-state index in [0.29, 0.717) is 23.3 Å². The number of rotatable bonds is 5. The van der Waals surface area contributed by atoms with Crippen LogP contribution in [0, 0.1) is 5.92 Å². The smallest absolute Gasteiger partial charge is 0.190 e. The molecular weight excluding hydrogens is 308 g/mol. The van der Waals surface area contributed by atoms with Crippen LogP contribution in [0.5, 0.6) is 0 Å². The van der Waals surface area contributed by atoms with Crippen LogP contribution in [-0.2, 0) is 9.53 Å². The molecule has 1 heterocycles. The molecule has 0 aromatic rings. The molecule has 0 unspecified atom stereocenters. The number of ketones is 1. The van der Waals surface area contributed by atoms with E-state index in [-0.39, 0.29) is 12.5 Å². The third kappa shape index (κ3) is 3.93. The Kier molecular flexibility index (Phi) is 5.59. The van der Waals surface area contributed by atoms with Crippen molar-refractivity contribution in [2.45, 2.75) is 38.9 Å². The Balaban J connectivity index is 2.15. The van der Waals surface area contributed by atoms with Gasteiger partial charge in [0.25, 0.3) is 0 Å². The van der Waals surface area contributed by atoms with Crippen LogP contribution in [0.1, 0.15) is 27.2 Å². The Morgan fingerprint density at radius 2 is 2.17 bits per heavy atom. The molecule has 24 heavy (non-hydrogen) atoms. The number of hydrogen-bond donors (Lipinski definition) is 3. The van der Waals surface area contributed by atoms with Crippen LogP contribution in [0.2, 0.25) is 0 Å². The van der Waals surface area contributed by atoms with E-state index in [0.717, 1.165) is 5.57 Å². The molecule has 0 radical (unpaired) electrons. The number of ether oxygens (including phenoxy) is 1. The highest BCUT2D eigenvalue weighted by Gasteiger charge is 2.44. The highest BCUT2D eigenvalue weighted by Crippen LogP contribution is 2.34. The van der Waals surface area contributed by atoms with Gasteiger partial charge in [-0.15, -0.1) is 0 Å². The van der Waals surface area contributed by atoms with Crippen LogP contribution in [0.25, 0.3) is 0 Å². The summed E-state index contributed by atoms with van der Waals surface area (Å²) in [6.07, 6.45) is 9.46. The molecule has 1 aliphatic carbocycles. The minimum atomic E-state index is -1.83. The molecule has 5 nitrogen and oxygen atoms in total. The second-order valence-electron chi connectivity index (χ2n) is 6.49. The van der Waals surface area contributed by atoms with Crippen molar-refractivity contribution in [2.75, 3.05) is 6.61 Å². The van der Waals surface area contributed by atoms with E-state index in [1.807, 2.05) is 19.9 Å². The van der Waals surface area contributed by atoms with Crippen molar-refractivity contribution in [1.29, 1.82) is 0 Å². The number of hydrogen-bond acceptors (Lipinski definition) is 5. The quantitative estimate of drug-likeness (QED) is 0.670. The fourth-order valence-electron chi connectivity index (χ4n) is 2.63. The lowest BCUT2D eigenvalue weighted by Gasteiger charge is -2.34. The lowest BCUT2D eigenvalue weighted by molar-refractivity contribution is -0.140. The topological polar surface area (TPSA) is 87.0 Å². The zero-order chi connectivity index (χ0) is 17.9. The second-order valence-corrected chi connectivity index (χ2v) is 6.49. The average molecular weight is 332 g/mol. The minimum Gasteiger partial charge on any atom is -0.465 e. The van der Waals surface area contributed by atoms with Crippen molar-refractivity contribution >= 4 is 5.78 Å². The maximum Gasteiger partial charge on any atom is 0.190 e. The maximum absolute atomic E-state index is 11.9. The Morgan fingerprint density at radius 1 is 1.46 bits per heavy atom. The number of allylic oxidation sites excluding steroid dienone is 5. The van der Waals surface area contributed by atoms with Gasteiger partial charge in [-0.25, -0.2) is 0 Å². The molecule has 3 atom stereocenters. The predicted octanol–water partition coefficient (Wildman–Crippen LogP) is 1.93. The van der Waals surface area contributed by atoms with Crippen molar-refractivity contribution in [3.63, 3.8) is 0 Å². The van der Waals surface area contributed by atoms with E-state index in [2.05, 4.69) is 6.08 Å². The number of fused-ring (bicyclic) bond motifs is 1. The summed E-state index contributed by atoms with van der Waals surface area (Å²) in [5, 5.41) is 29.1. The number of aliphatic hydroxyl groups is 3. The molecule has 5 heteroatoms. The number of carbonyl (C=O) groups excluding carboxylic acids is 1. The third-order valence-electron chi connectivity index (χ3n) is 4.21. The van der Waals surface area contributed by atoms with Gasteiger partial charge in [-0.2, -0.15) is 0 Å². The Hall–Kier alpha value is -1.95. The van der Waals surface area contributed by atoms with Gasteiger partial charge in [0.1, 0.15) is 11.9 Å². The zero-order valence-corrected chi connectivity index (χ0v) is 14.2.